The van der Waals surface area contributed by atoms with Crippen molar-refractivity contribution in [3.8, 4) is 6.07 Å². The number of thioether (sulfide) groups is 1. The van der Waals surface area contributed by atoms with Gasteiger partial charge in [-0.05, 0) is 56.5 Å². The molecule has 0 spiro atoms. The highest BCUT2D eigenvalue weighted by Crippen LogP contribution is 2.49. The third-order valence-electron chi connectivity index (χ3n) is 7.75. The molecule has 12 heteroatoms. The maximum Gasteiger partial charge on any atom is 0.225 e. The lowest BCUT2D eigenvalue weighted by Gasteiger charge is -2.36. The Morgan fingerprint density at radius 1 is 1.22 bits per heavy atom. The Kier molecular flexibility index (Phi) is 6.20. The molecule has 4 aliphatic rings. The first kappa shape index (κ1) is 24.7. The molecule has 3 aliphatic carbocycles. The molecular formula is C25H29FN8OS2. The zero-order chi connectivity index (χ0) is 25.8. The van der Waals surface area contributed by atoms with Crippen molar-refractivity contribution in [2.45, 2.75) is 49.0 Å². The topological polar surface area (TPSA) is 124 Å². The van der Waals surface area contributed by atoms with Gasteiger partial charge in [0.2, 0.25) is 5.91 Å². The lowest BCUT2D eigenvalue weighted by atomic mass is 10.2. The van der Waals surface area contributed by atoms with E-state index in [1.807, 2.05) is 15.5 Å². The normalized spacial score (nSPS) is 21.5. The van der Waals surface area contributed by atoms with E-state index in [1.54, 1.807) is 6.20 Å². The van der Waals surface area contributed by atoms with Crippen LogP contribution in [0.25, 0.3) is 5.52 Å². The summed E-state index contributed by atoms with van der Waals surface area (Å²) in [6.45, 7) is 2.33. The molecular weight excluding hydrogens is 511 g/mol. The van der Waals surface area contributed by atoms with Gasteiger partial charge in [0.1, 0.15) is 17.1 Å². The number of imidazole rings is 1. The Hall–Kier alpha value is -2.62. The second-order valence-corrected chi connectivity index (χ2v) is 12.5. The largest absolute Gasteiger partial charge is 0.366 e. The molecule has 6 rings (SSSR count). The number of hydrogen-bond donors (Lipinski definition) is 3. The number of rotatable bonds is 8. The molecule has 9 nitrogen and oxygen atoms in total. The Labute approximate surface area is 223 Å². The third kappa shape index (κ3) is 4.73. The predicted octanol–water partition coefficient (Wildman–Crippen LogP) is 3.83. The van der Waals surface area contributed by atoms with E-state index in [4.69, 9.17) is 10.8 Å². The summed E-state index contributed by atoms with van der Waals surface area (Å²) in [7, 11) is 0. The Morgan fingerprint density at radius 2 is 1.95 bits per heavy atom. The number of nitrogens with zero attached hydrogens (tertiary/aromatic N) is 5. The molecule has 2 aromatic rings. The molecule has 3 saturated carbocycles. The summed E-state index contributed by atoms with van der Waals surface area (Å²) in [5.41, 5.74) is 0.590. The SMILES string of the molecule is N#CC1(C(=N)SC(=N)c2ncc3c(N4CCN(C(=O)C5CC5)CC4)cc(SNC4(CF)CC4)cn23)CC1. The van der Waals surface area contributed by atoms with Crippen molar-refractivity contribution in [3.63, 3.8) is 0 Å². The van der Waals surface area contributed by atoms with Gasteiger partial charge >= 0.3 is 0 Å². The number of aromatic nitrogens is 2. The second kappa shape index (κ2) is 9.29. The highest BCUT2D eigenvalue weighted by atomic mass is 32.2. The summed E-state index contributed by atoms with van der Waals surface area (Å²) in [5, 5.41) is 26.8. The molecule has 0 bridgehead atoms. The van der Waals surface area contributed by atoms with E-state index in [-0.39, 0.29) is 21.9 Å². The Balaban J connectivity index is 1.27. The van der Waals surface area contributed by atoms with Gasteiger partial charge < -0.3 is 9.80 Å². The van der Waals surface area contributed by atoms with Gasteiger partial charge in [-0.25, -0.2) is 9.37 Å². The van der Waals surface area contributed by atoms with E-state index in [0.717, 1.165) is 53.5 Å². The number of alkyl halides is 1. The molecule has 3 N–H and O–H groups in total. The molecule has 3 heterocycles. The number of carbonyl (C=O) groups is 1. The van der Waals surface area contributed by atoms with Crippen LogP contribution in [0.4, 0.5) is 10.1 Å². The molecule has 0 atom stereocenters. The first-order valence-corrected chi connectivity index (χ1v) is 14.3. The fourth-order valence-electron chi connectivity index (χ4n) is 4.63. The van der Waals surface area contributed by atoms with Gasteiger partial charge in [-0.2, -0.15) is 5.26 Å². The van der Waals surface area contributed by atoms with Gasteiger partial charge in [0.15, 0.2) is 5.82 Å². The van der Waals surface area contributed by atoms with Crippen LogP contribution in [0.1, 0.15) is 44.3 Å². The highest BCUT2D eigenvalue weighted by Gasteiger charge is 2.48. The molecule has 0 radical (unpaired) electrons. The average Bonchev–Trinajstić information content (AvgIpc) is 3.81. The van der Waals surface area contributed by atoms with Crippen LogP contribution in [0.5, 0.6) is 0 Å². The predicted molar refractivity (Wildman–Crippen MR) is 143 cm³/mol. The summed E-state index contributed by atoms with van der Waals surface area (Å²) in [5.74, 6) is 0.894. The van der Waals surface area contributed by atoms with Crippen LogP contribution >= 0.6 is 23.7 Å². The molecule has 194 valence electrons. The van der Waals surface area contributed by atoms with Crippen LogP contribution in [0.2, 0.25) is 0 Å². The average molecular weight is 541 g/mol. The molecule has 2 aromatic heterocycles. The van der Waals surface area contributed by atoms with Crippen molar-refractivity contribution in [3.05, 3.63) is 24.3 Å². The van der Waals surface area contributed by atoms with Gasteiger partial charge in [-0.1, -0.05) is 11.8 Å². The number of carbonyl (C=O) groups excluding carboxylic acids is 1. The first-order valence-electron chi connectivity index (χ1n) is 12.7. The molecule has 1 amide bonds. The number of fused-ring (bicyclic) bond motifs is 1. The summed E-state index contributed by atoms with van der Waals surface area (Å²) < 4.78 is 18.6. The minimum atomic E-state index is -0.747. The van der Waals surface area contributed by atoms with Crippen LogP contribution in [-0.4, -0.2) is 68.7 Å². The standard InChI is InChI=1S/C25H29FN8OS2/c26-14-25(5-6-25)31-37-17-11-18(32-7-9-33(10-8-32)22(35)16-1-2-16)19-12-30-21(34(19)13-17)20(28)36-23(29)24(15-27)3-4-24/h11-13,16,28-29,31H,1-10,14H2. The van der Waals surface area contributed by atoms with E-state index in [9.17, 15) is 14.4 Å². The van der Waals surface area contributed by atoms with Crippen molar-refractivity contribution < 1.29 is 9.18 Å². The maximum absolute atomic E-state index is 13.5. The smallest absolute Gasteiger partial charge is 0.225 e. The van der Waals surface area contributed by atoms with E-state index >= 15 is 0 Å². The molecule has 0 unspecified atom stereocenters. The van der Waals surface area contributed by atoms with Gasteiger partial charge in [-0.3, -0.25) is 24.7 Å². The second-order valence-electron chi connectivity index (χ2n) is 10.6. The van der Waals surface area contributed by atoms with E-state index < -0.39 is 17.6 Å². The van der Waals surface area contributed by atoms with Gasteiger partial charge in [0.05, 0.1) is 34.1 Å². The summed E-state index contributed by atoms with van der Waals surface area (Å²) in [4.78, 5) is 22.2. The minimum Gasteiger partial charge on any atom is -0.366 e. The lowest BCUT2D eigenvalue weighted by molar-refractivity contribution is -0.132. The number of anilines is 1. The van der Waals surface area contributed by atoms with Crippen molar-refractivity contribution in [2.24, 2.45) is 11.3 Å². The Bertz CT molecular complexity index is 1320. The number of hydrogen-bond acceptors (Lipinski definition) is 9. The number of piperazine rings is 1. The van der Waals surface area contributed by atoms with Gasteiger partial charge in [0, 0.05) is 43.2 Å². The zero-order valence-electron chi connectivity index (χ0n) is 20.4. The number of nitriles is 1. The molecule has 4 fully saturated rings. The fraction of sp³-hybridized carbons (Fsp3) is 0.560. The molecule has 37 heavy (non-hydrogen) atoms. The first-order chi connectivity index (χ1) is 17.9. The quantitative estimate of drug-likeness (QED) is 0.264. The third-order valence-corrected chi connectivity index (χ3v) is 9.73. The number of nitrogens with one attached hydrogen (secondary N) is 3. The summed E-state index contributed by atoms with van der Waals surface area (Å²) in [6, 6.07) is 4.29. The van der Waals surface area contributed by atoms with Crippen molar-refractivity contribution >= 4 is 50.9 Å². The van der Waals surface area contributed by atoms with E-state index in [1.165, 1.54) is 11.9 Å². The zero-order valence-corrected chi connectivity index (χ0v) is 22.1. The van der Waals surface area contributed by atoms with Crippen LogP contribution in [-0.2, 0) is 4.79 Å². The van der Waals surface area contributed by atoms with Gasteiger partial charge in [-0.15, -0.1) is 0 Å². The van der Waals surface area contributed by atoms with Crippen molar-refractivity contribution in [2.75, 3.05) is 37.8 Å². The number of amides is 1. The molecule has 1 aliphatic heterocycles. The van der Waals surface area contributed by atoms with Crippen LogP contribution in [0, 0.1) is 33.5 Å². The molecule has 1 saturated heterocycles. The van der Waals surface area contributed by atoms with Crippen LogP contribution < -0.4 is 9.62 Å². The number of pyridine rings is 1. The van der Waals surface area contributed by atoms with Gasteiger partial charge in [0.25, 0.3) is 0 Å². The minimum absolute atomic E-state index is 0.120. The molecule has 0 aromatic carbocycles. The highest BCUT2D eigenvalue weighted by molar-refractivity contribution is 8.26. The number of halogens is 1. The summed E-state index contributed by atoms with van der Waals surface area (Å²) in [6.07, 6.45) is 8.58. The Morgan fingerprint density at radius 3 is 2.54 bits per heavy atom. The van der Waals surface area contributed by atoms with E-state index in [0.29, 0.717) is 44.8 Å². The van der Waals surface area contributed by atoms with E-state index in [2.05, 4.69) is 26.7 Å². The maximum atomic E-state index is 13.5. The lowest BCUT2D eigenvalue weighted by Crippen LogP contribution is -2.49. The van der Waals surface area contributed by atoms with Crippen LogP contribution in [0.3, 0.4) is 0 Å². The monoisotopic (exact) mass is 540 g/mol. The van der Waals surface area contributed by atoms with Crippen LogP contribution in [0.15, 0.2) is 23.4 Å². The summed E-state index contributed by atoms with van der Waals surface area (Å²) >= 11 is 2.38. The van der Waals surface area contributed by atoms with Crippen molar-refractivity contribution in [1.82, 2.24) is 19.0 Å². The van der Waals surface area contributed by atoms with Crippen molar-refractivity contribution in [1.29, 1.82) is 16.1 Å². The fourth-order valence-corrected chi connectivity index (χ4v) is 6.44.